The van der Waals surface area contributed by atoms with E-state index in [4.69, 9.17) is 19.9 Å². The Morgan fingerprint density at radius 1 is 1.11 bits per heavy atom. The normalized spacial score (nSPS) is 10.4. The molecule has 8 nitrogen and oxygen atoms in total. The van der Waals surface area contributed by atoms with E-state index >= 15 is 0 Å². The molecule has 0 aliphatic rings. The summed E-state index contributed by atoms with van der Waals surface area (Å²) in [5, 5.41) is 3.93. The fourth-order valence-corrected chi connectivity index (χ4v) is 2.13. The second kappa shape index (κ2) is 9.81. The summed E-state index contributed by atoms with van der Waals surface area (Å²) in [7, 11) is 1.47. The molecule has 0 spiro atoms. The Labute approximate surface area is 156 Å². The van der Waals surface area contributed by atoms with Crippen LogP contribution >= 0.6 is 0 Å². The Kier molecular flexibility index (Phi) is 7.18. The van der Waals surface area contributed by atoms with Gasteiger partial charge < -0.3 is 19.9 Å². The third-order valence-corrected chi connectivity index (χ3v) is 3.36. The summed E-state index contributed by atoms with van der Waals surface area (Å²) in [5.74, 6) is 0.565. The molecule has 0 atom stereocenters. The van der Waals surface area contributed by atoms with Crippen LogP contribution in [0.1, 0.15) is 22.8 Å². The maximum Gasteiger partial charge on any atom is 0.271 e. The second-order valence-corrected chi connectivity index (χ2v) is 5.32. The van der Waals surface area contributed by atoms with Gasteiger partial charge in [0, 0.05) is 5.56 Å². The monoisotopic (exact) mass is 371 g/mol. The predicted molar refractivity (Wildman–Crippen MR) is 100 cm³/mol. The van der Waals surface area contributed by atoms with E-state index in [2.05, 4.69) is 10.5 Å². The van der Waals surface area contributed by atoms with Crippen LogP contribution in [0.3, 0.4) is 0 Å². The molecule has 0 unspecified atom stereocenters. The van der Waals surface area contributed by atoms with Gasteiger partial charge in [-0.3, -0.25) is 9.59 Å². The SMILES string of the molecule is CCOc1ccc(C(=O)N/N=C\c2ccc(OCC(N)=O)c(OC)c2)cc1. The largest absolute Gasteiger partial charge is 0.494 e. The lowest BCUT2D eigenvalue weighted by Gasteiger charge is -2.09. The molecule has 0 aliphatic carbocycles. The van der Waals surface area contributed by atoms with Crippen LogP contribution in [0.25, 0.3) is 0 Å². The average Bonchev–Trinajstić information content (AvgIpc) is 2.67. The van der Waals surface area contributed by atoms with Crippen LogP contribution in [0.15, 0.2) is 47.6 Å². The average molecular weight is 371 g/mol. The van der Waals surface area contributed by atoms with Gasteiger partial charge in [0.2, 0.25) is 0 Å². The summed E-state index contributed by atoms with van der Waals surface area (Å²) in [6, 6.07) is 11.7. The van der Waals surface area contributed by atoms with E-state index in [0.717, 1.165) is 0 Å². The first-order valence-corrected chi connectivity index (χ1v) is 8.19. The number of methoxy groups -OCH3 is 1. The van der Waals surface area contributed by atoms with Gasteiger partial charge in [-0.1, -0.05) is 0 Å². The molecule has 0 aliphatic heterocycles. The van der Waals surface area contributed by atoms with Crippen LogP contribution in [-0.2, 0) is 4.79 Å². The van der Waals surface area contributed by atoms with Crippen LogP contribution in [0, 0.1) is 0 Å². The minimum absolute atomic E-state index is 0.248. The van der Waals surface area contributed by atoms with E-state index < -0.39 is 5.91 Å². The quantitative estimate of drug-likeness (QED) is 0.515. The number of nitrogens with one attached hydrogen (secondary N) is 1. The summed E-state index contributed by atoms with van der Waals surface area (Å²) in [6.07, 6.45) is 1.47. The van der Waals surface area contributed by atoms with Crippen LogP contribution in [0.4, 0.5) is 0 Å². The van der Waals surface area contributed by atoms with Crippen molar-refractivity contribution in [3.8, 4) is 17.2 Å². The first kappa shape index (κ1) is 19.8. The number of carbonyl (C=O) groups excluding carboxylic acids is 2. The van der Waals surface area contributed by atoms with Gasteiger partial charge in [0.25, 0.3) is 11.8 Å². The minimum atomic E-state index is -0.584. The number of nitrogens with zero attached hydrogens (tertiary/aromatic N) is 1. The molecule has 2 aromatic carbocycles. The van der Waals surface area contributed by atoms with Crippen molar-refractivity contribution in [1.82, 2.24) is 5.43 Å². The maximum atomic E-state index is 12.1. The minimum Gasteiger partial charge on any atom is -0.494 e. The standard InChI is InChI=1S/C19H21N3O5/c1-3-26-15-7-5-14(6-8-15)19(24)22-21-11-13-4-9-16(17(10-13)25-2)27-12-18(20)23/h4-11H,3,12H2,1-2H3,(H2,20,23)(H,22,24)/b21-11-. The van der Waals surface area contributed by atoms with Crippen LogP contribution in [0.2, 0.25) is 0 Å². The Morgan fingerprint density at radius 2 is 1.85 bits per heavy atom. The zero-order valence-corrected chi connectivity index (χ0v) is 15.1. The number of rotatable bonds is 9. The van der Waals surface area contributed by atoms with Gasteiger partial charge in [-0.15, -0.1) is 0 Å². The van der Waals surface area contributed by atoms with Crippen molar-refractivity contribution < 1.29 is 23.8 Å². The molecule has 0 bridgehead atoms. The molecule has 0 radical (unpaired) electrons. The number of hydrogen-bond acceptors (Lipinski definition) is 6. The fourth-order valence-electron chi connectivity index (χ4n) is 2.13. The molecule has 0 heterocycles. The molecule has 0 fully saturated rings. The molecule has 3 N–H and O–H groups in total. The number of benzene rings is 2. The number of primary amides is 1. The van der Waals surface area contributed by atoms with Crippen LogP contribution in [0.5, 0.6) is 17.2 Å². The highest BCUT2D eigenvalue weighted by Gasteiger charge is 2.07. The third kappa shape index (κ3) is 6.03. The Balaban J connectivity index is 1.98. The fraction of sp³-hybridized carbons (Fsp3) is 0.211. The van der Waals surface area contributed by atoms with Crippen molar-refractivity contribution in [2.75, 3.05) is 20.3 Å². The zero-order valence-electron chi connectivity index (χ0n) is 15.1. The first-order valence-electron chi connectivity index (χ1n) is 8.19. The van der Waals surface area contributed by atoms with Crippen molar-refractivity contribution in [3.05, 3.63) is 53.6 Å². The lowest BCUT2D eigenvalue weighted by Crippen LogP contribution is -2.20. The topological polar surface area (TPSA) is 112 Å². The molecular formula is C19H21N3O5. The Hall–Kier alpha value is -3.55. The van der Waals surface area contributed by atoms with Gasteiger partial charge in [-0.25, -0.2) is 5.43 Å². The van der Waals surface area contributed by atoms with Crippen molar-refractivity contribution in [2.45, 2.75) is 6.92 Å². The molecule has 2 amide bonds. The first-order chi connectivity index (χ1) is 13.0. The number of carbonyl (C=O) groups is 2. The third-order valence-electron chi connectivity index (χ3n) is 3.36. The van der Waals surface area contributed by atoms with E-state index in [1.54, 1.807) is 42.5 Å². The number of hydrogen-bond donors (Lipinski definition) is 2. The lowest BCUT2D eigenvalue weighted by atomic mass is 10.2. The Bertz CT molecular complexity index is 819. The summed E-state index contributed by atoms with van der Waals surface area (Å²) >= 11 is 0. The van der Waals surface area contributed by atoms with Gasteiger partial charge in [-0.2, -0.15) is 5.10 Å². The molecule has 0 aromatic heterocycles. The molecule has 142 valence electrons. The van der Waals surface area contributed by atoms with Crippen molar-refractivity contribution in [3.63, 3.8) is 0 Å². The van der Waals surface area contributed by atoms with Crippen LogP contribution in [-0.4, -0.2) is 38.4 Å². The maximum absolute atomic E-state index is 12.1. The molecule has 0 saturated heterocycles. The molecule has 8 heteroatoms. The summed E-state index contributed by atoms with van der Waals surface area (Å²) in [5.41, 5.74) is 8.63. The highest BCUT2D eigenvalue weighted by atomic mass is 16.5. The van der Waals surface area contributed by atoms with Crippen molar-refractivity contribution in [2.24, 2.45) is 10.8 Å². The molecule has 2 rings (SSSR count). The van der Waals surface area contributed by atoms with E-state index in [9.17, 15) is 9.59 Å². The second-order valence-electron chi connectivity index (χ2n) is 5.32. The molecule has 27 heavy (non-hydrogen) atoms. The summed E-state index contributed by atoms with van der Waals surface area (Å²) < 4.78 is 15.8. The van der Waals surface area contributed by atoms with Gasteiger partial charge in [0.1, 0.15) is 5.75 Å². The van der Waals surface area contributed by atoms with Gasteiger partial charge >= 0.3 is 0 Å². The Morgan fingerprint density at radius 3 is 2.48 bits per heavy atom. The molecule has 2 aromatic rings. The number of nitrogens with two attached hydrogens (primary N) is 1. The smallest absolute Gasteiger partial charge is 0.271 e. The van der Waals surface area contributed by atoms with Crippen molar-refractivity contribution >= 4 is 18.0 Å². The van der Waals surface area contributed by atoms with E-state index in [0.29, 0.717) is 35.0 Å². The zero-order chi connectivity index (χ0) is 19.6. The lowest BCUT2D eigenvalue weighted by molar-refractivity contribution is -0.119. The highest BCUT2D eigenvalue weighted by Crippen LogP contribution is 2.27. The number of amides is 2. The number of hydrazone groups is 1. The van der Waals surface area contributed by atoms with Crippen molar-refractivity contribution in [1.29, 1.82) is 0 Å². The van der Waals surface area contributed by atoms with Gasteiger partial charge in [0.05, 0.1) is 19.9 Å². The highest BCUT2D eigenvalue weighted by molar-refractivity contribution is 5.95. The molecule has 0 saturated carbocycles. The predicted octanol–water partition coefficient (Wildman–Crippen LogP) is 1.72. The van der Waals surface area contributed by atoms with E-state index in [-0.39, 0.29) is 12.5 Å². The summed E-state index contributed by atoms with van der Waals surface area (Å²) in [4.78, 5) is 22.9. The van der Waals surface area contributed by atoms with Gasteiger partial charge in [-0.05, 0) is 55.0 Å². The summed E-state index contributed by atoms with van der Waals surface area (Å²) in [6.45, 7) is 2.20. The molecular weight excluding hydrogens is 350 g/mol. The van der Waals surface area contributed by atoms with E-state index in [1.807, 2.05) is 6.92 Å². The van der Waals surface area contributed by atoms with Crippen LogP contribution < -0.4 is 25.4 Å². The van der Waals surface area contributed by atoms with Gasteiger partial charge in [0.15, 0.2) is 18.1 Å². The number of ether oxygens (including phenoxy) is 3. The van der Waals surface area contributed by atoms with E-state index in [1.165, 1.54) is 13.3 Å².